The summed E-state index contributed by atoms with van der Waals surface area (Å²) in [5.41, 5.74) is 1.18. The standard InChI is InChI=1S/C22H27ClN2O3/c1-3-4-11-28-21-19(15-5-9-18(23)10-6-15)12-16(13-24-21)20(26)25-14-22(2,27)17-7-8-17/h5-6,9-10,12-13,17,27H,3-4,7-8,11,14H2,1-2H3,(H,25,26)/t22-/m1/s1. The molecule has 6 heteroatoms. The highest BCUT2D eigenvalue weighted by Gasteiger charge is 2.40. The molecule has 3 rings (SSSR count). The number of benzene rings is 1. The first kappa shape index (κ1) is 20.6. The summed E-state index contributed by atoms with van der Waals surface area (Å²) in [7, 11) is 0. The lowest BCUT2D eigenvalue weighted by Crippen LogP contribution is -2.42. The zero-order chi connectivity index (χ0) is 20.1. The van der Waals surface area contributed by atoms with Gasteiger partial charge in [0.1, 0.15) is 0 Å². The molecule has 1 saturated carbocycles. The summed E-state index contributed by atoms with van der Waals surface area (Å²) in [4.78, 5) is 17.0. The molecule has 1 aliphatic rings. The first-order valence-corrected chi connectivity index (χ1v) is 10.2. The minimum absolute atomic E-state index is 0.224. The van der Waals surface area contributed by atoms with E-state index in [4.69, 9.17) is 16.3 Å². The Hall–Kier alpha value is -2.11. The van der Waals surface area contributed by atoms with Crippen LogP contribution in [0.3, 0.4) is 0 Å². The first-order chi connectivity index (χ1) is 13.4. The van der Waals surface area contributed by atoms with Crippen molar-refractivity contribution in [3.63, 3.8) is 0 Å². The van der Waals surface area contributed by atoms with Crippen LogP contribution in [-0.2, 0) is 0 Å². The Balaban J connectivity index is 1.80. The molecule has 0 spiro atoms. The maximum atomic E-state index is 12.6. The summed E-state index contributed by atoms with van der Waals surface area (Å²) < 4.78 is 5.84. The van der Waals surface area contributed by atoms with E-state index in [9.17, 15) is 9.90 Å². The summed E-state index contributed by atoms with van der Waals surface area (Å²) in [6.45, 7) is 4.66. The van der Waals surface area contributed by atoms with Gasteiger partial charge >= 0.3 is 0 Å². The third kappa shape index (κ3) is 5.24. The molecule has 28 heavy (non-hydrogen) atoms. The Bertz CT molecular complexity index is 817. The highest BCUT2D eigenvalue weighted by atomic mass is 35.5. The SMILES string of the molecule is CCCCOc1ncc(C(=O)NC[C@@](C)(O)C2CC2)cc1-c1ccc(Cl)cc1. The van der Waals surface area contributed by atoms with E-state index in [2.05, 4.69) is 17.2 Å². The van der Waals surface area contributed by atoms with Gasteiger partial charge in [0.05, 0.1) is 17.8 Å². The van der Waals surface area contributed by atoms with E-state index in [-0.39, 0.29) is 18.4 Å². The lowest BCUT2D eigenvalue weighted by Gasteiger charge is -2.23. The van der Waals surface area contributed by atoms with E-state index in [1.54, 1.807) is 25.1 Å². The van der Waals surface area contributed by atoms with Crippen LogP contribution in [-0.4, -0.2) is 34.8 Å². The van der Waals surface area contributed by atoms with Crippen molar-refractivity contribution in [2.24, 2.45) is 5.92 Å². The third-order valence-corrected chi connectivity index (χ3v) is 5.32. The average molecular weight is 403 g/mol. The fourth-order valence-corrected chi connectivity index (χ4v) is 3.18. The van der Waals surface area contributed by atoms with Crippen LogP contribution in [0.5, 0.6) is 5.88 Å². The summed E-state index contributed by atoms with van der Waals surface area (Å²) in [6, 6.07) is 9.13. The largest absolute Gasteiger partial charge is 0.477 e. The van der Waals surface area contributed by atoms with Crippen LogP contribution in [0.2, 0.25) is 5.02 Å². The van der Waals surface area contributed by atoms with Crippen LogP contribution in [0, 0.1) is 5.92 Å². The van der Waals surface area contributed by atoms with Gasteiger partial charge in [-0.3, -0.25) is 4.79 Å². The predicted octanol–water partition coefficient (Wildman–Crippen LogP) is 4.47. The van der Waals surface area contributed by atoms with Crippen LogP contribution in [0.4, 0.5) is 0 Å². The van der Waals surface area contributed by atoms with Crippen LogP contribution in [0.1, 0.15) is 49.9 Å². The molecular formula is C22H27ClN2O3. The third-order valence-electron chi connectivity index (χ3n) is 5.07. The van der Waals surface area contributed by atoms with Gasteiger partial charge in [0.25, 0.3) is 5.91 Å². The Morgan fingerprint density at radius 3 is 2.71 bits per heavy atom. The molecule has 0 saturated heterocycles. The average Bonchev–Trinajstić information content (AvgIpc) is 3.53. The molecule has 2 aromatic rings. The number of nitrogens with zero attached hydrogens (tertiary/aromatic N) is 1. The minimum Gasteiger partial charge on any atom is -0.477 e. The van der Waals surface area contributed by atoms with Gasteiger partial charge in [0, 0.05) is 23.3 Å². The maximum Gasteiger partial charge on any atom is 0.252 e. The molecule has 5 nitrogen and oxygen atoms in total. The molecule has 1 aliphatic carbocycles. The number of pyridine rings is 1. The van der Waals surface area contributed by atoms with Gasteiger partial charge in [0.15, 0.2) is 0 Å². The van der Waals surface area contributed by atoms with E-state index in [1.165, 1.54) is 6.20 Å². The lowest BCUT2D eigenvalue weighted by molar-refractivity contribution is 0.0354. The van der Waals surface area contributed by atoms with E-state index in [0.717, 1.165) is 36.8 Å². The molecule has 0 unspecified atom stereocenters. The topological polar surface area (TPSA) is 71.5 Å². The van der Waals surface area contributed by atoms with Crippen molar-refractivity contribution in [3.8, 4) is 17.0 Å². The molecule has 0 radical (unpaired) electrons. The van der Waals surface area contributed by atoms with E-state index in [1.807, 2.05) is 12.1 Å². The molecule has 1 aromatic heterocycles. The second kappa shape index (κ2) is 8.93. The van der Waals surface area contributed by atoms with Gasteiger partial charge in [-0.1, -0.05) is 37.1 Å². The van der Waals surface area contributed by atoms with Gasteiger partial charge in [-0.2, -0.15) is 0 Å². The number of hydrogen-bond acceptors (Lipinski definition) is 4. The fraction of sp³-hybridized carbons (Fsp3) is 0.455. The van der Waals surface area contributed by atoms with Crippen molar-refractivity contribution in [1.29, 1.82) is 0 Å². The zero-order valence-electron chi connectivity index (χ0n) is 16.4. The number of aromatic nitrogens is 1. The molecule has 1 atom stereocenters. The summed E-state index contributed by atoms with van der Waals surface area (Å²) >= 11 is 6.00. The molecule has 150 valence electrons. The highest BCUT2D eigenvalue weighted by molar-refractivity contribution is 6.30. The van der Waals surface area contributed by atoms with E-state index in [0.29, 0.717) is 23.1 Å². The van der Waals surface area contributed by atoms with E-state index < -0.39 is 5.60 Å². The van der Waals surface area contributed by atoms with Crippen LogP contribution in [0.15, 0.2) is 36.5 Å². The molecule has 0 bridgehead atoms. The number of ether oxygens (including phenoxy) is 1. The predicted molar refractivity (Wildman–Crippen MR) is 111 cm³/mol. The lowest BCUT2D eigenvalue weighted by atomic mass is 10.0. The maximum absolute atomic E-state index is 12.6. The normalized spacial score (nSPS) is 15.7. The summed E-state index contributed by atoms with van der Waals surface area (Å²) in [5, 5.41) is 13.9. The van der Waals surface area contributed by atoms with Crippen LogP contribution >= 0.6 is 11.6 Å². The molecule has 1 fully saturated rings. The number of halogens is 1. The Kier molecular flexibility index (Phi) is 6.57. The van der Waals surface area contributed by atoms with Gasteiger partial charge in [-0.05, 0) is 55.9 Å². The molecule has 1 amide bonds. The highest BCUT2D eigenvalue weighted by Crippen LogP contribution is 2.39. The monoisotopic (exact) mass is 402 g/mol. The quantitative estimate of drug-likeness (QED) is 0.607. The number of carbonyl (C=O) groups is 1. The Morgan fingerprint density at radius 1 is 1.36 bits per heavy atom. The fourth-order valence-electron chi connectivity index (χ4n) is 3.05. The minimum atomic E-state index is -0.870. The van der Waals surface area contributed by atoms with E-state index >= 15 is 0 Å². The molecule has 2 N–H and O–H groups in total. The summed E-state index contributed by atoms with van der Waals surface area (Å²) in [5.74, 6) is 0.506. The van der Waals surface area contributed by atoms with Gasteiger partial charge in [-0.15, -0.1) is 0 Å². The second-order valence-corrected chi connectivity index (χ2v) is 8.04. The number of aliphatic hydroxyl groups is 1. The summed E-state index contributed by atoms with van der Waals surface area (Å²) in [6.07, 6.45) is 5.49. The van der Waals surface area contributed by atoms with Crippen LogP contribution in [0.25, 0.3) is 11.1 Å². The van der Waals surface area contributed by atoms with Crippen molar-refractivity contribution in [2.75, 3.05) is 13.2 Å². The van der Waals surface area contributed by atoms with Crippen molar-refractivity contribution in [1.82, 2.24) is 10.3 Å². The Labute approximate surface area is 171 Å². The number of rotatable bonds is 9. The number of carbonyl (C=O) groups excluding carboxylic acids is 1. The molecule has 0 aliphatic heterocycles. The smallest absolute Gasteiger partial charge is 0.252 e. The van der Waals surface area contributed by atoms with Crippen molar-refractivity contribution in [2.45, 2.75) is 45.1 Å². The van der Waals surface area contributed by atoms with Crippen molar-refractivity contribution >= 4 is 17.5 Å². The number of nitrogens with one attached hydrogen (secondary N) is 1. The molecular weight excluding hydrogens is 376 g/mol. The first-order valence-electron chi connectivity index (χ1n) is 9.80. The van der Waals surface area contributed by atoms with Gasteiger partial charge in [-0.25, -0.2) is 4.98 Å². The van der Waals surface area contributed by atoms with Gasteiger partial charge in [0.2, 0.25) is 5.88 Å². The molecule has 1 heterocycles. The Morgan fingerprint density at radius 2 is 2.07 bits per heavy atom. The van der Waals surface area contributed by atoms with Gasteiger partial charge < -0.3 is 15.2 Å². The second-order valence-electron chi connectivity index (χ2n) is 7.60. The van der Waals surface area contributed by atoms with Crippen LogP contribution < -0.4 is 10.1 Å². The number of amides is 1. The van der Waals surface area contributed by atoms with Crippen molar-refractivity contribution in [3.05, 3.63) is 47.1 Å². The zero-order valence-corrected chi connectivity index (χ0v) is 17.1. The van der Waals surface area contributed by atoms with Crippen molar-refractivity contribution < 1.29 is 14.6 Å². The molecule has 1 aromatic carbocycles. The number of unbranched alkanes of at least 4 members (excludes halogenated alkanes) is 1. The number of hydrogen-bond donors (Lipinski definition) is 2.